The maximum Gasteiger partial charge on any atom is 0.323 e. The first-order chi connectivity index (χ1) is 14.4. The second-order valence-corrected chi connectivity index (χ2v) is 7.93. The van der Waals surface area contributed by atoms with E-state index in [1.165, 1.54) is 0 Å². The fourth-order valence-electron chi connectivity index (χ4n) is 3.53. The summed E-state index contributed by atoms with van der Waals surface area (Å²) >= 11 is 12.4. The topological polar surface area (TPSA) is 54.0 Å². The highest BCUT2D eigenvalue weighted by atomic mass is 35.5. The lowest BCUT2D eigenvalue weighted by molar-refractivity contribution is 0.262. The minimum Gasteiger partial charge on any atom is -0.308 e. The fourth-order valence-corrected chi connectivity index (χ4v) is 3.88. The number of hydrogen-bond acceptors (Lipinski definition) is 2. The zero-order valence-corrected chi connectivity index (χ0v) is 18.0. The van der Waals surface area contributed by atoms with Gasteiger partial charge in [0.1, 0.15) is 0 Å². The number of halogens is 2. The number of amides is 2. The Morgan fingerprint density at radius 2 is 1.67 bits per heavy atom. The molecule has 0 bridgehead atoms. The lowest BCUT2D eigenvalue weighted by atomic mass is 9.96. The molecule has 0 spiro atoms. The number of pyridine rings is 1. The number of carbonyl (C=O) groups excluding carboxylic acids is 1. The lowest BCUT2D eigenvalue weighted by Crippen LogP contribution is -2.20. The van der Waals surface area contributed by atoms with E-state index in [-0.39, 0.29) is 6.03 Å². The third-order valence-corrected chi connectivity index (χ3v) is 5.38. The smallest absolute Gasteiger partial charge is 0.308 e. The van der Waals surface area contributed by atoms with Crippen molar-refractivity contribution < 1.29 is 4.79 Å². The lowest BCUT2D eigenvalue weighted by Gasteiger charge is -2.17. The Kier molecular flexibility index (Phi) is 5.62. The van der Waals surface area contributed by atoms with Gasteiger partial charge in [-0.1, -0.05) is 53.0 Å². The largest absolute Gasteiger partial charge is 0.323 e. The van der Waals surface area contributed by atoms with Gasteiger partial charge in [0.05, 0.1) is 17.4 Å². The van der Waals surface area contributed by atoms with Crippen molar-refractivity contribution in [2.45, 2.75) is 13.8 Å². The average Bonchev–Trinajstić information content (AvgIpc) is 2.70. The number of aromatic nitrogens is 1. The van der Waals surface area contributed by atoms with E-state index < -0.39 is 0 Å². The van der Waals surface area contributed by atoms with E-state index in [2.05, 4.69) is 27.8 Å². The fraction of sp³-hybridized carbons (Fsp3) is 0.0833. The molecular formula is C24H19Cl2N3O. The SMILES string of the molecule is Cc1cc(C)c2ncc(NC(=O)Nc3ccc(Cl)cc3)c(-c3ccccc3Cl)c2c1. The van der Waals surface area contributed by atoms with E-state index in [1.807, 2.05) is 38.1 Å². The molecule has 150 valence electrons. The van der Waals surface area contributed by atoms with Crippen LogP contribution in [0.2, 0.25) is 10.0 Å². The Hall–Kier alpha value is -3.08. The monoisotopic (exact) mass is 435 g/mol. The maximum atomic E-state index is 12.7. The first-order valence-corrected chi connectivity index (χ1v) is 10.2. The summed E-state index contributed by atoms with van der Waals surface area (Å²) in [5, 5.41) is 7.88. The van der Waals surface area contributed by atoms with Gasteiger partial charge in [0.25, 0.3) is 0 Å². The van der Waals surface area contributed by atoms with Gasteiger partial charge >= 0.3 is 6.03 Å². The summed E-state index contributed by atoms with van der Waals surface area (Å²) in [4.78, 5) is 17.3. The van der Waals surface area contributed by atoms with E-state index in [9.17, 15) is 4.79 Å². The summed E-state index contributed by atoms with van der Waals surface area (Å²) in [5.74, 6) is 0. The molecule has 0 saturated heterocycles. The summed E-state index contributed by atoms with van der Waals surface area (Å²) in [7, 11) is 0. The van der Waals surface area contributed by atoms with E-state index in [0.717, 1.165) is 33.2 Å². The predicted molar refractivity (Wildman–Crippen MR) is 126 cm³/mol. The first-order valence-electron chi connectivity index (χ1n) is 9.41. The van der Waals surface area contributed by atoms with Crippen LogP contribution in [-0.2, 0) is 0 Å². The van der Waals surface area contributed by atoms with E-state index in [0.29, 0.717) is 21.4 Å². The summed E-state index contributed by atoms with van der Waals surface area (Å²) < 4.78 is 0. The average molecular weight is 436 g/mol. The number of anilines is 2. The Labute approximate surface area is 184 Å². The molecule has 2 N–H and O–H groups in total. The van der Waals surface area contributed by atoms with Gasteiger partial charge in [0.15, 0.2) is 0 Å². The van der Waals surface area contributed by atoms with Crippen LogP contribution in [0, 0.1) is 13.8 Å². The minimum absolute atomic E-state index is 0.379. The van der Waals surface area contributed by atoms with Crippen molar-refractivity contribution in [1.82, 2.24) is 4.98 Å². The molecule has 0 fully saturated rings. The van der Waals surface area contributed by atoms with Crippen molar-refractivity contribution in [3.05, 3.63) is 88.0 Å². The number of aryl methyl sites for hydroxylation is 2. The molecule has 0 atom stereocenters. The number of urea groups is 1. The number of carbonyl (C=O) groups is 1. The van der Waals surface area contributed by atoms with E-state index >= 15 is 0 Å². The van der Waals surface area contributed by atoms with Crippen LogP contribution >= 0.6 is 23.2 Å². The van der Waals surface area contributed by atoms with Gasteiger partial charge in [0, 0.05) is 32.2 Å². The van der Waals surface area contributed by atoms with Crippen LogP contribution in [0.25, 0.3) is 22.0 Å². The Morgan fingerprint density at radius 3 is 2.40 bits per heavy atom. The molecule has 0 aliphatic heterocycles. The quantitative estimate of drug-likeness (QED) is 0.350. The van der Waals surface area contributed by atoms with Crippen LogP contribution in [0.1, 0.15) is 11.1 Å². The second-order valence-electron chi connectivity index (χ2n) is 7.09. The Bertz CT molecular complexity index is 1250. The van der Waals surface area contributed by atoms with Crippen LogP contribution in [0.5, 0.6) is 0 Å². The van der Waals surface area contributed by atoms with Gasteiger partial charge in [-0.25, -0.2) is 4.79 Å². The summed E-state index contributed by atoms with van der Waals surface area (Å²) in [6.45, 7) is 4.06. The predicted octanol–water partition coefficient (Wildman–Crippen LogP) is 7.47. The first kappa shape index (κ1) is 20.2. The zero-order valence-electron chi connectivity index (χ0n) is 16.5. The maximum absolute atomic E-state index is 12.7. The standard InChI is InChI=1S/C24H19Cl2N3O/c1-14-11-15(2)23-19(12-14)22(18-5-3-4-6-20(18)26)21(13-27-23)29-24(30)28-17-9-7-16(25)8-10-17/h3-13H,1-2H3,(H2,28,29,30). The molecule has 1 aromatic heterocycles. The normalized spacial score (nSPS) is 10.8. The molecule has 0 unspecified atom stereocenters. The summed E-state index contributed by atoms with van der Waals surface area (Å²) in [6.07, 6.45) is 1.67. The number of benzene rings is 3. The summed E-state index contributed by atoms with van der Waals surface area (Å²) in [6, 6.07) is 18.3. The molecule has 4 nitrogen and oxygen atoms in total. The number of nitrogens with zero attached hydrogens (tertiary/aromatic N) is 1. The van der Waals surface area contributed by atoms with Crippen LogP contribution in [0.3, 0.4) is 0 Å². The van der Waals surface area contributed by atoms with Crippen molar-refractivity contribution in [3.63, 3.8) is 0 Å². The molecule has 2 amide bonds. The van der Waals surface area contributed by atoms with Gasteiger partial charge in [-0.2, -0.15) is 0 Å². The highest BCUT2D eigenvalue weighted by Crippen LogP contribution is 2.39. The molecule has 0 aliphatic rings. The second kappa shape index (κ2) is 8.34. The third kappa shape index (κ3) is 4.11. The van der Waals surface area contributed by atoms with Crippen molar-refractivity contribution in [2.75, 3.05) is 10.6 Å². The molecule has 0 saturated carbocycles. The molecule has 3 aromatic carbocycles. The Morgan fingerprint density at radius 1 is 0.933 bits per heavy atom. The highest BCUT2D eigenvalue weighted by Gasteiger charge is 2.17. The van der Waals surface area contributed by atoms with Gasteiger partial charge in [0.2, 0.25) is 0 Å². The van der Waals surface area contributed by atoms with Crippen LogP contribution in [0.15, 0.2) is 66.9 Å². The molecular weight excluding hydrogens is 417 g/mol. The summed E-state index contributed by atoms with van der Waals surface area (Å²) in [5.41, 5.74) is 5.93. The van der Waals surface area contributed by atoms with Gasteiger partial charge in [-0.3, -0.25) is 4.98 Å². The molecule has 4 aromatic rings. The van der Waals surface area contributed by atoms with Crippen LogP contribution in [-0.4, -0.2) is 11.0 Å². The number of nitrogens with one attached hydrogen (secondary N) is 2. The van der Waals surface area contributed by atoms with Crippen molar-refractivity contribution in [2.24, 2.45) is 0 Å². The zero-order chi connectivity index (χ0) is 21.3. The highest BCUT2D eigenvalue weighted by molar-refractivity contribution is 6.34. The van der Waals surface area contributed by atoms with Gasteiger partial charge in [-0.05, 0) is 55.8 Å². The van der Waals surface area contributed by atoms with Gasteiger partial charge < -0.3 is 10.6 Å². The Balaban J connectivity index is 1.81. The van der Waals surface area contributed by atoms with Crippen molar-refractivity contribution in [1.29, 1.82) is 0 Å². The van der Waals surface area contributed by atoms with Crippen molar-refractivity contribution in [3.8, 4) is 11.1 Å². The van der Waals surface area contributed by atoms with E-state index in [4.69, 9.17) is 23.2 Å². The third-order valence-electron chi connectivity index (χ3n) is 4.80. The number of hydrogen-bond donors (Lipinski definition) is 2. The van der Waals surface area contributed by atoms with Gasteiger partial charge in [-0.15, -0.1) is 0 Å². The van der Waals surface area contributed by atoms with Crippen molar-refractivity contribution >= 4 is 51.5 Å². The molecule has 6 heteroatoms. The number of fused-ring (bicyclic) bond motifs is 1. The molecule has 30 heavy (non-hydrogen) atoms. The van der Waals surface area contributed by atoms with Crippen LogP contribution < -0.4 is 10.6 Å². The molecule has 0 aliphatic carbocycles. The molecule has 1 heterocycles. The number of rotatable bonds is 3. The minimum atomic E-state index is -0.379. The van der Waals surface area contributed by atoms with Crippen LogP contribution in [0.4, 0.5) is 16.2 Å². The molecule has 4 rings (SSSR count). The van der Waals surface area contributed by atoms with E-state index in [1.54, 1.807) is 30.5 Å². The molecule has 0 radical (unpaired) electrons.